The zero-order valence-corrected chi connectivity index (χ0v) is 11.3. The highest BCUT2D eigenvalue weighted by Gasteiger charge is 2.06. The molecule has 0 unspecified atom stereocenters. The number of thiazole rings is 1. The van der Waals surface area contributed by atoms with Crippen LogP contribution in [0.4, 0.5) is 0 Å². The first-order valence-electron chi connectivity index (χ1n) is 5.82. The topological polar surface area (TPSA) is 79.3 Å². The van der Waals surface area contributed by atoms with Gasteiger partial charge in [0.15, 0.2) is 0 Å². The molecule has 5 nitrogen and oxygen atoms in total. The van der Waals surface area contributed by atoms with Crippen LogP contribution < -0.4 is 5.32 Å². The smallest absolute Gasteiger partial charge is 0.328 e. The number of benzene rings is 1. The lowest BCUT2D eigenvalue weighted by Gasteiger charge is -2.04. The van der Waals surface area contributed by atoms with Crippen LogP contribution in [-0.4, -0.2) is 22.0 Å². The van der Waals surface area contributed by atoms with Crippen LogP contribution in [0.2, 0.25) is 0 Å². The van der Waals surface area contributed by atoms with Gasteiger partial charge in [0.05, 0.1) is 11.7 Å². The Morgan fingerprint density at radius 3 is 2.65 bits per heavy atom. The van der Waals surface area contributed by atoms with Gasteiger partial charge in [-0.05, 0) is 17.2 Å². The third kappa shape index (κ3) is 4.03. The van der Waals surface area contributed by atoms with Gasteiger partial charge < -0.3 is 10.4 Å². The summed E-state index contributed by atoms with van der Waals surface area (Å²) in [6.45, 7) is 0.416. The Hall–Kier alpha value is -2.47. The zero-order chi connectivity index (χ0) is 14.4. The van der Waals surface area contributed by atoms with Gasteiger partial charge in [0.2, 0.25) is 0 Å². The number of amides is 1. The number of rotatable bonds is 5. The van der Waals surface area contributed by atoms with E-state index in [2.05, 4.69) is 10.3 Å². The average Bonchev–Trinajstić information content (AvgIpc) is 2.98. The molecule has 0 spiro atoms. The maximum absolute atomic E-state index is 11.7. The summed E-state index contributed by atoms with van der Waals surface area (Å²) in [4.78, 5) is 26.5. The standard InChI is InChI=1S/C14H12N2O3S/c17-13(18)6-5-10-1-3-11(4-2-10)7-16-14(19)12-8-15-9-20-12/h1-6,8-9H,7H2,(H,16,19)(H,17,18)/b6-5+. The second-order valence-electron chi connectivity index (χ2n) is 3.96. The molecule has 0 atom stereocenters. The van der Waals surface area contributed by atoms with E-state index in [-0.39, 0.29) is 5.91 Å². The fraction of sp³-hybridized carbons (Fsp3) is 0.0714. The van der Waals surface area contributed by atoms with E-state index in [1.807, 2.05) is 12.1 Å². The van der Waals surface area contributed by atoms with Gasteiger partial charge in [-0.2, -0.15) is 0 Å². The SMILES string of the molecule is O=C(O)/C=C/c1ccc(CNC(=O)c2cncs2)cc1. The quantitative estimate of drug-likeness (QED) is 0.826. The Morgan fingerprint density at radius 2 is 2.05 bits per heavy atom. The van der Waals surface area contributed by atoms with Gasteiger partial charge in [0.1, 0.15) is 4.88 Å². The lowest BCUT2D eigenvalue weighted by molar-refractivity contribution is -0.131. The Bertz CT molecular complexity index is 618. The van der Waals surface area contributed by atoms with Crippen molar-refractivity contribution in [1.82, 2.24) is 10.3 Å². The number of carbonyl (C=O) groups excluding carboxylic acids is 1. The predicted octanol–water partition coefficient (Wildman–Crippen LogP) is 2.17. The van der Waals surface area contributed by atoms with Crippen molar-refractivity contribution < 1.29 is 14.7 Å². The Labute approximate surface area is 119 Å². The molecule has 0 bridgehead atoms. The molecule has 1 aromatic heterocycles. The molecule has 0 radical (unpaired) electrons. The molecule has 6 heteroatoms. The lowest BCUT2D eigenvalue weighted by Crippen LogP contribution is -2.21. The van der Waals surface area contributed by atoms with E-state index >= 15 is 0 Å². The molecule has 0 saturated heterocycles. The molecule has 0 saturated carbocycles. The van der Waals surface area contributed by atoms with E-state index in [1.54, 1.807) is 17.6 Å². The van der Waals surface area contributed by atoms with Crippen molar-refractivity contribution in [2.24, 2.45) is 0 Å². The fourth-order valence-electron chi connectivity index (χ4n) is 1.51. The third-order valence-electron chi connectivity index (χ3n) is 2.51. The summed E-state index contributed by atoms with van der Waals surface area (Å²) in [5.74, 6) is -1.13. The summed E-state index contributed by atoms with van der Waals surface area (Å²) in [6.07, 6.45) is 4.13. The average molecular weight is 288 g/mol. The molecular formula is C14H12N2O3S. The first-order chi connectivity index (χ1) is 9.65. The summed E-state index contributed by atoms with van der Waals surface area (Å²) in [7, 11) is 0. The van der Waals surface area contributed by atoms with Crippen LogP contribution in [0.3, 0.4) is 0 Å². The molecule has 1 heterocycles. The number of aliphatic carboxylic acids is 1. The van der Waals surface area contributed by atoms with Crippen LogP contribution in [-0.2, 0) is 11.3 Å². The van der Waals surface area contributed by atoms with Crippen molar-refractivity contribution in [2.75, 3.05) is 0 Å². The number of carboxylic acid groups (broad SMARTS) is 1. The fourth-order valence-corrected chi connectivity index (χ4v) is 2.05. The van der Waals surface area contributed by atoms with Crippen molar-refractivity contribution >= 4 is 29.3 Å². The second kappa shape index (κ2) is 6.63. The number of nitrogens with zero attached hydrogens (tertiary/aromatic N) is 1. The van der Waals surface area contributed by atoms with E-state index in [0.717, 1.165) is 17.2 Å². The van der Waals surface area contributed by atoms with Crippen LogP contribution in [0, 0.1) is 0 Å². The van der Waals surface area contributed by atoms with E-state index in [9.17, 15) is 9.59 Å². The van der Waals surface area contributed by atoms with Crippen LogP contribution >= 0.6 is 11.3 Å². The minimum atomic E-state index is -0.981. The maximum atomic E-state index is 11.7. The molecule has 0 aliphatic heterocycles. The maximum Gasteiger partial charge on any atom is 0.328 e. The molecule has 0 fully saturated rings. The molecule has 2 rings (SSSR count). The van der Waals surface area contributed by atoms with Gasteiger partial charge in [0.25, 0.3) is 5.91 Å². The molecule has 102 valence electrons. The molecule has 20 heavy (non-hydrogen) atoms. The number of aromatic nitrogens is 1. The van der Waals surface area contributed by atoms with Crippen LogP contribution in [0.15, 0.2) is 42.0 Å². The third-order valence-corrected chi connectivity index (χ3v) is 3.28. The number of hydrogen-bond acceptors (Lipinski definition) is 4. The molecule has 2 N–H and O–H groups in total. The van der Waals surface area contributed by atoms with Gasteiger partial charge in [-0.25, -0.2) is 4.79 Å². The highest BCUT2D eigenvalue weighted by atomic mass is 32.1. The Morgan fingerprint density at radius 1 is 1.30 bits per heavy atom. The molecular weight excluding hydrogens is 276 g/mol. The van der Waals surface area contributed by atoms with Crippen molar-refractivity contribution in [1.29, 1.82) is 0 Å². The number of hydrogen-bond donors (Lipinski definition) is 2. The minimum absolute atomic E-state index is 0.151. The molecule has 2 aromatic rings. The highest BCUT2D eigenvalue weighted by Crippen LogP contribution is 2.08. The molecule has 1 amide bonds. The van der Waals surface area contributed by atoms with Crippen molar-refractivity contribution in [3.05, 3.63) is 58.1 Å². The summed E-state index contributed by atoms with van der Waals surface area (Å²) < 4.78 is 0. The van der Waals surface area contributed by atoms with Crippen LogP contribution in [0.1, 0.15) is 20.8 Å². The van der Waals surface area contributed by atoms with Crippen LogP contribution in [0.25, 0.3) is 6.08 Å². The van der Waals surface area contributed by atoms with E-state index in [0.29, 0.717) is 11.4 Å². The van der Waals surface area contributed by atoms with Crippen LogP contribution in [0.5, 0.6) is 0 Å². The second-order valence-corrected chi connectivity index (χ2v) is 4.85. The number of carbonyl (C=O) groups is 2. The Balaban J connectivity index is 1.91. The zero-order valence-electron chi connectivity index (χ0n) is 10.4. The normalized spacial score (nSPS) is 10.6. The first-order valence-corrected chi connectivity index (χ1v) is 6.70. The minimum Gasteiger partial charge on any atom is -0.478 e. The summed E-state index contributed by atoms with van der Waals surface area (Å²) in [5, 5.41) is 11.3. The Kier molecular flexibility index (Phi) is 4.62. The monoisotopic (exact) mass is 288 g/mol. The predicted molar refractivity (Wildman–Crippen MR) is 76.4 cm³/mol. The summed E-state index contributed by atoms with van der Waals surface area (Å²) >= 11 is 1.29. The van der Waals surface area contributed by atoms with Crippen molar-refractivity contribution in [3.63, 3.8) is 0 Å². The van der Waals surface area contributed by atoms with E-state index < -0.39 is 5.97 Å². The van der Waals surface area contributed by atoms with Gasteiger partial charge in [-0.3, -0.25) is 9.78 Å². The van der Waals surface area contributed by atoms with E-state index in [4.69, 9.17) is 5.11 Å². The van der Waals surface area contributed by atoms with Gasteiger partial charge in [-0.15, -0.1) is 11.3 Å². The summed E-state index contributed by atoms with van der Waals surface area (Å²) in [6, 6.07) is 7.28. The highest BCUT2D eigenvalue weighted by molar-refractivity contribution is 7.11. The van der Waals surface area contributed by atoms with Gasteiger partial charge >= 0.3 is 5.97 Å². The van der Waals surface area contributed by atoms with Crippen molar-refractivity contribution in [3.8, 4) is 0 Å². The molecule has 1 aromatic carbocycles. The van der Waals surface area contributed by atoms with Crippen molar-refractivity contribution in [2.45, 2.75) is 6.54 Å². The first kappa shape index (κ1) is 14.0. The van der Waals surface area contributed by atoms with Gasteiger partial charge in [-0.1, -0.05) is 24.3 Å². The molecule has 0 aliphatic rings. The summed E-state index contributed by atoms with van der Waals surface area (Å²) in [5.41, 5.74) is 3.35. The number of nitrogens with one attached hydrogen (secondary N) is 1. The molecule has 0 aliphatic carbocycles. The largest absolute Gasteiger partial charge is 0.478 e. The number of carboxylic acids is 1. The van der Waals surface area contributed by atoms with Gasteiger partial charge in [0, 0.05) is 12.6 Å². The van der Waals surface area contributed by atoms with E-state index in [1.165, 1.54) is 23.6 Å². The lowest BCUT2D eigenvalue weighted by atomic mass is 10.1.